The Hall–Kier alpha value is -2.49. The zero-order chi connectivity index (χ0) is 21.7. The van der Waals surface area contributed by atoms with Crippen LogP contribution >= 0.6 is 11.8 Å². The Morgan fingerprint density at radius 1 is 1.30 bits per heavy atom. The van der Waals surface area contributed by atoms with Crippen LogP contribution in [0.15, 0.2) is 28.0 Å². The lowest BCUT2D eigenvalue weighted by Gasteiger charge is -2.35. The highest BCUT2D eigenvalue weighted by atomic mass is 32.2. The summed E-state index contributed by atoms with van der Waals surface area (Å²) >= 11 is 1.28. The van der Waals surface area contributed by atoms with Crippen LogP contribution < -0.4 is 15.5 Å². The first-order valence-corrected chi connectivity index (χ1v) is 11.2. The van der Waals surface area contributed by atoms with Crippen LogP contribution in [0, 0.1) is 11.8 Å². The molecule has 9 nitrogen and oxygen atoms in total. The van der Waals surface area contributed by atoms with Crippen molar-refractivity contribution in [3.05, 3.63) is 24.2 Å². The molecule has 0 spiro atoms. The fourth-order valence-corrected chi connectivity index (χ4v) is 4.60. The fourth-order valence-electron chi connectivity index (χ4n) is 3.76. The number of hydrogen-bond acceptors (Lipinski definition) is 7. The predicted octanol–water partition coefficient (Wildman–Crippen LogP) is 2.73. The van der Waals surface area contributed by atoms with Gasteiger partial charge in [0.1, 0.15) is 5.76 Å². The molecule has 0 aliphatic carbocycles. The summed E-state index contributed by atoms with van der Waals surface area (Å²) < 4.78 is 7.53. The largest absolute Gasteiger partial charge is 0.467 e. The SMILES string of the molecule is CCNC(=O)NC(=O)[C@H](C)Sc1nnc(N2C[C@@H](C)C[C@H](C)C2)n1Cc1ccco1. The third-order valence-electron chi connectivity index (χ3n) is 4.97. The number of rotatable bonds is 7. The Morgan fingerprint density at radius 2 is 2.03 bits per heavy atom. The molecule has 3 atom stereocenters. The molecule has 0 unspecified atom stereocenters. The average Bonchev–Trinajstić information content (AvgIpc) is 3.32. The van der Waals surface area contributed by atoms with Gasteiger partial charge in [0.15, 0.2) is 5.16 Å². The summed E-state index contributed by atoms with van der Waals surface area (Å²) in [5.74, 6) is 2.33. The number of aromatic nitrogens is 3. The number of nitrogens with one attached hydrogen (secondary N) is 2. The van der Waals surface area contributed by atoms with E-state index < -0.39 is 11.3 Å². The van der Waals surface area contributed by atoms with Crippen molar-refractivity contribution in [1.29, 1.82) is 0 Å². The van der Waals surface area contributed by atoms with Gasteiger partial charge < -0.3 is 14.6 Å². The molecule has 1 aliphatic rings. The second-order valence-corrected chi connectivity index (χ2v) is 9.22. The maximum atomic E-state index is 12.4. The molecule has 0 aromatic carbocycles. The minimum absolute atomic E-state index is 0.375. The van der Waals surface area contributed by atoms with Crippen molar-refractivity contribution in [1.82, 2.24) is 25.4 Å². The zero-order valence-electron chi connectivity index (χ0n) is 17.9. The number of hydrogen-bond donors (Lipinski definition) is 2. The number of anilines is 1. The summed E-state index contributed by atoms with van der Waals surface area (Å²) in [7, 11) is 0. The molecular formula is C20H30N6O3S. The van der Waals surface area contributed by atoms with Crippen LogP contribution in [0.25, 0.3) is 0 Å². The molecule has 2 N–H and O–H groups in total. The number of carbonyl (C=O) groups excluding carboxylic acids is 2. The second-order valence-electron chi connectivity index (χ2n) is 7.91. The fraction of sp³-hybridized carbons (Fsp3) is 0.600. The summed E-state index contributed by atoms with van der Waals surface area (Å²) in [6.07, 6.45) is 2.83. The van der Waals surface area contributed by atoms with E-state index in [1.165, 1.54) is 18.2 Å². The second kappa shape index (κ2) is 10.0. The average molecular weight is 435 g/mol. The number of amides is 3. The maximum Gasteiger partial charge on any atom is 0.321 e. The molecule has 2 aromatic rings. The van der Waals surface area contributed by atoms with Crippen molar-refractivity contribution in [2.24, 2.45) is 11.8 Å². The van der Waals surface area contributed by atoms with Gasteiger partial charge in [-0.3, -0.25) is 14.7 Å². The number of nitrogens with zero attached hydrogens (tertiary/aromatic N) is 4. The Bertz CT molecular complexity index is 843. The molecule has 3 rings (SSSR count). The first kappa shape index (κ1) is 22.2. The van der Waals surface area contributed by atoms with Crippen LogP contribution in [0.1, 0.15) is 39.9 Å². The van der Waals surface area contributed by atoms with E-state index in [2.05, 4.69) is 39.6 Å². The molecule has 1 aliphatic heterocycles. The van der Waals surface area contributed by atoms with Crippen molar-refractivity contribution < 1.29 is 14.0 Å². The van der Waals surface area contributed by atoms with Gasteiger partial charge in [-0.05, 0) is 44.2 Å². The Labute approximate surface area is 181 Å². The van der Waals surface area contributed by atoms with Gasteiger partial charge in [-0.1, -0.05) is 25.6 Å². The van der Waals surface area contributed by atoms with E-state index in [0.29, 0.717) is 30.1 Å². The zero-order valence-corrected chi connectivity index (χ0v) is 18.7. The van der Waals surface area contributed by atoms with E-state index in [9.17, 15) is 9.59 Å². The lowest BCUT2D eigenvalue weighted by molar-refractivity contribution is -0.119. The van der Waals surface area contributed by atoms with Crippen molar-refractivity contribution in [3.8, 4) is 0 Å². The van der Waals surface area contributed by atoms with Gasteiger partial charge >= 0.3 is 6.03 Å². The highest BCUT2D eigenvalue weighted by Gasteiger charge is 2.28. The summed E-state index contributed by atoms with van der Waals surface area (Å²) in [6, 6.07) is 3.26. The minimum Gasteiger partial charge on any atom is -0.467 e. The molecule has 1 fully saturated rings. The van der Waals surface area contributed by atoms with Gasteiger partial charge in [-0.15, -0.1) is 10.2 Å². The molecule has 1 saturated heterocycles. The first-order valence-electron chi connectivity index (χ1n) is 10.3. The monoisotopic (exact) mass is 434 g/mol. The smallest absolute Gasteiger partial charge is 0.321 e. The van der Waals surface area contributed by atoms with E-state index in [1.54, 1.807) is 20.1 Å². The number of furan rings is 1. The number of piperidine rings is 1. The summed E-state index contributed by atoms with van der Waals surface area (Å²) in [5, 5.41) is 13.8. The molecule has 2 aromatic heterocycles. The third-order valence-corrected chi connectivity index (χ3v) is 6.05. The van der Waals surface area contributed by atoms with E-state index in [-0.39, 0.29) is 5.91 Å². The van der Waals surface area contributed by atoms with Crippen LogP contribution in [-0.4, -0.2) is 51.6 Å². The molecule has 10 heteroatoms. The Kier molecular flexibility index (Phi) is 7.41. The van der Waals surface area contributed by atoms with Crippen molar-refractivity contribution in [2.75, 3.05) is 24.5 Å². The Balaban J connectivity index is 1.80. The van der Waals surface area contributed by atoms with Crippen LogP contribution in [0.5, 0.6) is 0 Å². The van der Waals surface area contributed by atoms with E-state index in [0.717, 1.165) is 24.8 Å². The number of carbonyl (C=O) groups is 2. The summed E-state index contributed by atoms with van der Waals surface area (Å²) in [4.78, 5) is 26.3. The van der Waals surface area contributed by atoms with Gasteiger partial charge in [-0.2, -0.15) is 0 Å². The standard InChI is InChI=1S/C20H30N6O3S/c1-5-21-18(28)22-17(27)15(4)30-20-24-23-19(25-10-13(2)9-14(3)11-25)26(20)12-16-7-6-8-29-16/h6-8,13-15H,5,9-12H2,1-4H3,(H2,21,22,27,28)/t13-,14-,15-/m0/s1. The van der Waals surface area contributed by atoms with Crippen LogP contribution in [0.4, 0.5) is 10.7 Å². The van der Waals surface area contributed by atoms with Crippen LogP contribution in [0.3, 0.4) is 0 Å². The first-order chi connectivity index (χ1) is 14.4. The molecule has 0 saturated carbocycles. The molecule has 3 amide bonds. The summed E-state index contributed by atoms with van der Waals surface area (Å²) in [6.45, 7) is 10.8. The van der Waals surface area contributed by atoms with Gasteiger partial charge in [-0.25, -0.2) is 4.79 Å². The molecular weight excluding hydrogens is 404 g/mol. The highest BCUT2D eigenvalue weighted by molar-refractivity contribution is 8.00. The molecule has 0 radical (unpaired) electrons. The van der Waals surface area contributed by atoms with Gasteiger partial charge in [0, 0.05) is 19.6 Å². The highest BCUT2D eigenvalue weighted by Crippen LogP contribution is 2.30. The van der Waals surface area contributed by atoms with Crippen LogP contribution in [0.2, 0.25) is 0 Å². The van der Waals surface area contributed by atoms with E-state index in [1.807, 2.05) is 16.7 Å². The molecule has 3 heterocycles. The number of imide groups is 1. The predicted molar refractivity (Wildman–Crippen MR) is 116 cm³/mol. The normalized spacial score (nSPS) is 20.1. The third kappa shape index (κ3) is 5.56. The van der Waals surface area contributed by atoms with Crippen molar-refractivity contribution in [2.45, 2.75) is 51.1 Å². The minimum atomic E-state index is -0.515. The topological polar surface area (TPSA) is 105 Å². The van der Waals surface area contributed by atoms with E-state index >= 15 is 0 Å². The lowest BCUT2D eigenvalue weighted by Crippen LogP contribution is -2.42. The molecule has 30 heavy (non-hydrogen) atoms. The quantitative estimate of drug-likeness (QED) is 0.646. The lowest BCUT2D eigenvalue weighted by atomic mass is 9.92. The van der Waals surface area contributed by atoms with Gasteiger partial charge in [0.05, 0.1) is 18.1 Å². The molecule has 164 valence electrons. The number of thioether (sulfide) groups is 1. The number of urea groups is 1. The Morgan fingerprint density at radius 3 is 2.67 bits per heavy atom. The van der Waals surface area contributed by atoms with E-state index in [4.69, 9.17) is 4.42 Å². The van der Waals surface area contributed by atoms with Gasteiger partial charge in [0.2, 0.25) is 11.9 Å². The maximum absolute atomic E-state index is 12.4. The summed E-state index contributed by atoms with van der Waals surface area (Å²) in [5.41, 5.74) is 0. The van der Waals surface area contributed by atoms with Crippen molar-refractivity contribution >= 4 is 29.6 Å². The molecule has 0 bridgehead atoms. The van der Waals surface area contributed by atoms with Crippen LogP contribution in [-0.2, 0) is 11.3 Å². The van der Waals surface area contributed by atoms with Crippen molar-refractivity contribution in [3.63, 3.8) is 0 Å². The van der Waals surface area contributed by atoms with Gasteiger partial charge in [0.25, 0.3) is 0 Å².